The standard InChI is InChI=1S/C14H25NO2S/c1-13(2,3)10-4-7-14(8-5-10)15-11(12(16)17)6-9-18-14/h10-11,15H,4-9H2,1-3H3,(H,16,17). The van der Waals surface area contributed by atoms with E-state index >= 15 is 0 Å². The Morgan fingerprint density at radius 2 is 1.89 bits per heavy atom. The highest BCUT2D eigenvalue weighted by Gasteiger charge is 2.43. The molecule has 2 aliphatic rings. The number of thioether (sulfide) groups is 1. The molecule has 1 unspecified atom stereocenters. The maximum Gasteiger partial charge on any atom is 0.320 e. The van der Waals surface area contributed by atoms with Crippen LogP contribution in [0.2, 0.25) is 0 Å². The summed E-state index contributed by atoms with van der Waals surface area (Å²) in [6, 6.07) is -0.336. The summed E-state index contributed by atoms with van der Waals surface area (Å²) in [5.41, 5.74) is 0.382. The summed E-state index contributed by atoms with van der Waals surface area (Å²) < 4.78 is 0. The van der Waals surface area contributed by atoms with Gasteiger partial charge in [-0.3, -0.25) is 10.1 Å². The lowest BCUT2D eigenvalue weighted by Crippen LogP contribution is -2.56. The maximum absolute atomic E-state index is 11.1. The molecule has 2 rings (SSSR count). The summed E-state index contributed by atoms with van der Waals surface area (Å²) in [5.74, 6) is 1.06. The molecule has 1 saturated carbocycles. The predicted molar refractivity (Wildman–Crippen MR) is 75.8 cm³/mol. The summed E-state index contributed by atoms with van der Waals surface area (Å²) in [5, 5.41) is 12.6. The minimum absolute atomic E-state index is 0.0447. The summed E-state index contributed by atoms with van der Waals surface area (Å²) in [4.78, 5) is 11.2. The quantitative estimate of drug-likeness (QED) is 0.769. The number of carbonyl (C=O) groups is 1. The van der Waals surface area contributed by atoms with Gasteiger partial charge in [0.1, 0.15) is 6.04 Å². The van der Waals surface area contributed by atoms with Crippen molar-refractivity contribution >= 4 is 17.7 Å². The van der Waals surface area contributed by atoms with Gasteiger partial charge in [-0.05, 0) is 49.2 Å². The van der Waals surface area contributed by atoms with Crippen LogP contribution in [0, 0.1) is 11.3 Å². The second-order valence-corrected chi connectivity index (χ2v) is 8.29. The molecule has 0 radical (unpaired) electrons. The van der Waals surface area contributed by atoms with Crippen molar-refractivity contribution in [1.29, 1.82) is 0 Å². The van der Waals surface area contributed by atoms with Crippen LogP contribution in [0.4, 0.5) is 0 Å². The van der Waals surface area contributed by atoms with E-state index in [9.17, 15) is 4.79 Å². The van der Waals surface area contributed by atoms with Gasteiger partial charge in [-0.2, -0.15) is 0 Å². The van der Waals surface area contributed by atoms with Gasteiger partial charge in [0.05, 0.1) is 4.87 Å². The van der Waals surface area contributed by atoms with Crippen LogP contribution in [0.5, 0.6) is 0 Å². The van der Waals surface area contributed by atoms with Crippen molar-refractivity contribution in [2.24, 2.45) is 11.3 Å². The van der Waals surface area contributed by atoms with Crippen molar-refractivity contribution in [3.05, 3.63) is 0 Å². The van der Waals surface area contributed by atoms with Crippen LogP contribution in [-0.2, 0) is 4.79 Å². The Kier molecular flexibility index (Phi) is 3.98. The number of nitrogens with one attached hydrogen (secondary N) is 1. The molecule has 0 aromatic heterocycles. The number of carboxylic acid groups (broad SMARTS) is 1. The Morgan fingerprint density at radius 3 is 2.39 bits per heavy atom. The molecule has 1 aliphatic carbocycles. The van der Waals surface area contributed by atoms with Crippen LogP contribution in [0.1, 0.15) is 52.9 Å². The zero-order valence-electron chi connectivity index (χ0n) is 11.7. The number of hydrogen-bond acceptors (Lipinski definition) is 3. The van der Waals surface area contributed by atoms with Crippen LogP contribution in [0.25, 0.3) is 0 Å². The van der Waals surface area contributed by atoms with Crippen molar-refractivity contribution in [2.75, 3.05) is 5.75 Å². The van der Waals surface area contributed by atoms with Gasteiger partial charge < -0.3 is 5.11 Å². The molecule has 0 amide bonds. The molecule has 1 aliphatic heterocycles. The fourth-order valence-electron chi connectivity index (χ4n) is 3.23. The molecule has 1 saturated heterocycles. The smallest absolute Gasteiger partial charge is 0.320 e. The summed E-state index contributed by atoms with van der Waals surface area (Å²) in [6.07, 6.45) is 5.42. The second-order valence-electron chi connectivity index (χ2n) is 6.81. The highest BCUT2D eigenvalue weighted by atomic mass is 32.2. The van der Waals surface area contributed by atoms with Gasteiger partial charge in [-0.25, -0.2) is 0 Å². The first kappa shape index (κ1) is 14.2. The van der Waals surface area contributed by atoms with Crippen molar-refractivity contribution < 1.29 is 9.90 Å². The zero-order chi connectivity index (χ0) is 13.4. The molecule has 18 heavy (non-hydrogen) atoms. The van der Waals surface area contributed by atoms with Crippen LogP contribution in [-0.4, -0.2) is 27.7 Å². The average Bonchev–Trinajstić information content (AvgIpc) is 2.28. The molecule has 1 heterocycles. The molecule has 2 N–H and O–H groups in total. The largest absolute Gasteiger partial charge is 0.480 e. The molecular formula is C14H25NO2S. The number of rotatable bonds is 1. The minimum Gasteiger partial charge on any atom is -0.480 e. The van der Waals surface area contributed by atoms with Crippen molar-refractivity contribution in [3.63, 3.8) is 0 Å². The van der Waals surface area contributed by atoms with E-state index < -0.39 is 5.97 Å². The molecule has 104 valence electrons. The van der Waals surface area contributed by atoms with Crippen LogP contribution < -0.4 is 5.32 Å². The molecule has 1 atom stereocenters. The zero-order valence-corrected chi connectivity index (χ0v) is 12.5. The van der Waals surface area contributed by atoms with E-state index in [1.165, 1.54) is 12.8 Å². The lowest BCUT2D eigenvalue weighted by atomic mass is 9.71. The molecule has 0 aromatic rings. The minimum atomic E-state index is -0.687. The highest BCUT2D eigenvalue weighted by molar-refractivity contribution is 8.00. The van der Waals surface area contributed by atoms with Gasteiger partial charge in [-0.1, -0.05) is 20.8 Å². The Bertz CT molecular complexity index is 316. The van der Waals surface area contributed by atoms with Gasteiger partial charge in [0.25, 0.3) is 0 Å². The van der Waals surface area contributed by atoms with E-state index in [4.69, 9.17) is 5.11 Å². The molecular weight excluding hydrogens is 246 g/mol. The van der Waals surface area contributed by atoms with Gasteiger partial charge in [-0.15, -0.1) is 11.8 Å². The van der Waals surface area contributed by atoms with Crippen LogP contribution >= 0.6 is 11.8 Å². The predicted octanol–water partition coefficient (Wildman–Crippen LogP) is 3.10. The van der Waals surface area contributed by atoms with E-state index in [1.807, 2.05) is 11.8 Å². The first-order valence-corrected chi connectivity index (χ1v) is 7.95. The van der Waals surface area contributed by atoms with Crippen molar-refractivity contribution in [1.82, 2.24) is 5.32 Å². The topological polar surface area (TPSA) is 49.3 Å². The van der Waals surface area contributed by atoms with E-state index in [1.54, 1.807) is 0 Å². The summed E-state index contributed by atoms with van der Waals surface area (Å²) >= 11 is 1.95. The van der Waals surface area contributed by atoms with Crippen molar-refractivity contribution in [3.8, 4) is 0 Å². The molecule has 3 nitrogen and oxygen atoms in total. The molecule has 4 heteroatoms. The Morgan fingerprint density at radius 1 is 1.28 bits per heavy atom. The van der Waals surface area contributed by atoms with Crippen LogP contribution in [0.3, 0.4) is 0 Å². The van der Waals surface area contributed by atoms with E-state index in [0.717, 1.165) is 30.9 Å². The lowest BCUT2D eigenvalue weighted by Gasteiger charge is -2.47. The molecule has 2 fully saturated rings. The normalized spacial score (nSPS) is 37.7. The SMILES string of the molecule is CC(C)(C)C1CCC2(CC1)NC(C(=O)O)CCS2. The first-order valence-electron chi connectivity index (χ1n) is 6.97. The van der Waals surface area contributed by atoms with Crippen LogP contribution in [0.15, 0.2) is 0 Å². The van der Waals surface area contributed by atoms with Gasteiger partial charge in [0.2, 0.25) is 0 Å². The number of aliphatic carboxylic acids is 1. The fourth-order valence-corrected chi connectivity index (χ4v) is 4.72. The fraction of sp³-hybridized carbons (Fsp3) is 0.929. The maximum atomic E-state index is 11.1. The van der Waals surface area contributed by atoms with E-state index in [2.05, 4.69) is 26.1 Å². The highest BCUT2D eigenvalue weighted by Crippen LogP contribution is 2.47. The molecule has 1 spiro atoms. The Hall–Kier alpha value is -0.220. The van der Waals surface area contributed by atoms with Gasteiger partial charge >= 0.3 is 5.97 Å². The number of hydrogen-bond donors (Lipinski definition) is 2. The summed E-state index contributed by atoms with van der Waals surface area (Å²) in [6.45, 7) is 6.95. The van der Waals surface area contributed by atoms with Gasteiger partial charge in [0.15, 0.2) is 0 Å². The molecule has 0 aromatic carbocycles. The third-order valence-corrected chi connectivity index (χ3v) is 6.06. The van der Waals surface area contributed by atoms with E-state index in [-0.39, 0.29) is 10.9 Å². The average molecular weight is 271 g/mol. The van der Waals surface area contributed by atoms with Gasteiger partial charge in [0, 0.05) is 0 Å². The van der Waals surface area contributed by atoms with Crippen molar-refractivity contribution in [2.45, 2.75) is 63.8 Å². The third-order valence-electron chi connectivity index (χ3n) is 4.54. The number of carboxylic acids is 1. The first-order chi connectivity index (χ1) is 8.32. The summed E-state index contributed by atoms with van der Waals surface area (Å²) in [7, 11) is 0. The van der Waals surface area contributed by atoms with E-state index in [0.29, 0.717) is 5.41 Å². The molecule has 0 bridgehead atoms. The third kappa shape index (κ3) is 3.02. The lowest BCUT2D eigenvalue weighted by molar-refractivity contribution is -0.140. The Labute approximate surface area is 114 Å². The monoisotopic (exact) mass is 271 g/mol. The Balaban J connectivity index is 1.97. The second kappa shape index (κ2) is 5.04.